The predicted octanol–water partition coefficient (Wildman–Crippen LogP) is 5.19. The summed E-state index contributed by atoms with van der Waals surface area (Å²) in [5.74, 6) is -1.000. The summed E-state index contributed by atoms with van der Waals surface area (Å²) in [7, 11) is -2.23. The maximum absolute atomic E-state index is 14.4. The van der Waals surface area contributed by atoms with Crippen LogP contribution >= 0.6 is 11.6 Å². The van der Waals surface area contributed by atoms with Crippen LogP contribution in [-0.4, -0.2) is 43.2 Å². The molecule has 0 aliphatic rings. The second-order valence-corrected chi connectivity index (χ2v) is 9.08. The average molecular weight is 579 g/mol. The highest BCUT2D eigenvalue weighted by atomic mass is 35.5. The van der Waals surface area contributed by atoms with Crippen LogP contribution in [0.3, 0.4) is 0 Å². The Labute approximate surface area is 218 Å². The smallest absolute Gasteiger partial charge is 0.417 e. The highest BCUT2D eigenvalue weighted by Crippen LogP contribution is 2.36. The zero-order chi connectivity index (χ0) is 28.7. The van der Waals surface area contributed by atoms with Crippen LogP contribution in [0.1, 0.15) is 16.1 Å². The van der Waals surface area contributed by atoms with Gasteiger partial charge in [0.25, 0.3) is 16.0 Å². The number of ether oxygens (including phenoxy) is 1. The number of nitrogens with one attached hydrogen (secondary N) is 3. The van der Waals surface area contributed by atoms with Crippen LogP contribution in [0.25, 0.3) is 0 Å². The lowest BCUT2D eigenvalue weighted by Crippen LogP contribution is -2.20. The van der Waals surface area contributed by atoms with E-state index in [1.165, 1.54) is 43.6 Å². The molecule has 0 saturated carbocycles. The second kappa shape index (κ2) is 12.5. The molecule has 10 nitrogen and oxygen atoms in total. The quantitative estimate of drug-likeness (QED) is 0.240. The molecule has 0 unspecified atom stereocenters. The van der Waals surface area contributed by atoms with Gasteiger partial charge in [0, 0.05) is 31.1 Å². The first-order chi connectivity index (χ1) is 17.6. The van der Waals surface area contributed by atoms with Gasteiger partial charge in [-0.3, -0.25) is 14.3 Å². The Balaban J connectivity index is 0.000000926. The first-order valence-corrected chi connectivity index (χ1v) is 12.3. The van der Waals surface area contributed by atoms with Crippen molar-refractivity contribution < 1.29 is 44.9 Å². The minimum absolute atomic E-state index is 0.0695. The first kappa shape index (κ1) is 30.3. The van der Waals surface area contributed by atoms with E-state index in [1.807, 2.05) is 0 Å². The average Bonchev–Trinajstić information content (AvgIpc) is 2.80. The lowest BCUT2D eigenvalue weighted by atomic mass is 10.2. The number of aromatic nitrogens is 1. The zero-order valence-corrected chi connectivity index (χ0v) is 21.0. The largest absolute Gasteiger partial charge is 0.457 e. The molecule has 16 heteroatoms. The number of urea groups is 1. The van der Waals surface area contributed by atoms with Crippen molar-refractivity contribution in [1.29, 1.82) is 0 Å². The highest BCUT2D eigenvalue weighted by molar-refractivity contribution is 7.85. The first-order valence-electron chi connectivity index (χ1n) is 10.1. The van der Waals surface area contributed by atoms with E-state index in [0.29, 0.717) is 12.3 Å². The van der Waals surface area contributed by atoms with Gasteiger partial charge < -0.3 is 20.7 Å². The van der Waals surface area contributed by atoms with Crippen LogP contribution in [0.4, 0.5) is 33.7 Å². The number of pyridine rings is 1. The topological polar surface area (TPSA) is 147 Å². The molecule has 1 heterocycles. The number of anilines is 2. The second-order valence-electron chi connectivity index (χ2n) is 7.20. The van der Waals surface area contributed by atoms with Gasteiger partial charge in [-0.1, -0.05) is 11.6 Å². The number of hydrogen-bond donors (Lipinski definition) is 4. The van der Waals surface area contributed by atoms with Crippen LogP contribution in [0.2, 0.25) is 5.02 Å². The molecule has 2 aromatic carbocycles. The zero-order valence-electron chi connectivity index (χ0n) is 19.4. The summed E-state index contributed by atoms with van der Waals surface area (Å²) in [5, 5.41) is 6.27. The Kier molecular flexibility index (Phi) is 9.98. The van der Waals surface area contributed by atoms with Crippen molar-refractivity contribution in [1.82, 2.24) is 10.3 Å². The van der Waals surface area contributed by atoms with E-state index >= 15 is 0 Å². The Bertz CT molecular complexity index is 1430. The molecule has 3 rings (SSSR count). The van der Waals surface area contributed by atoms with Crippen molar-refractivity contribution in [2.24, 2.45) is 0 Å². The molecule has 1 aromatic heterocycles. The van der Waals surface area contributed by atoms with E-state index in [4.69, 9.17) is 20.9 Å². The van der Waals surface area contributed by atoms with Gasteiger partial charge in [-0.05, 0) is 36.4 Å². The molecule has 3 amide bonds. The van der Waals surface area contributed by atoms with E-state index in [0.717, 1.165) is 12.1 Å². The molecule has 0 aliphatic carbocycles. The summed E-state index contributed by atoms with van der Waals surface area (Å²) >= 11 is 5.54. The number of amides is 3. The standard InChI is InChI=1S/C21H15ClF4N4O3.CH4O3S/c1-27-19(31)18-10-13(6-7-28-18)33-12-3-5-17(16(23)9-12)30-20(32)29-11-2-4-15(22)14(8-11)21(24,25)26;1-5(2,3)4/h2-10H,1H3,(H,27,31)(H2,29,30,32);1H3,(H,2,3,4). The van der Waals surface area contributed by atoms with Crippen molar-refractivity contribution in [2.45, 2.75) is 6.18 Å². The molecule has 0 bridgehead atoms. The van der Waals surface area contributed by atoms with Crippen molar-refractivity contribution >= 4 is 45.0 Å². The SMILES string of the molecule is CNC(=O)c1cc(Oc2ccc(NC(=O)Nc3ccc(Cl)c(C(F)(F)F)c3)c(F)c2)ccn1.CS(=O)(=O)O. The van der Waals surface area contributed by atoms with Gasteiger partial charge in [-0.15, -0.1) is 0 Å². The molecular weight excluding hydrogens is 560 g/mol. The summed E-state index contributed by atoms with van der Waals surface area (Å²) in [6.45, 7) is 0. The molecule has 0 spiro atoms. The van der Waals surface area contributed by atoms with Crippen molar-refractivity contribution in [3.8, 4) is 11.5 Å². The highest BCUT2D eigenvalue weighted by Gasteiger charge is 2.33. The minimum Gasteiger partial charge on any atom is -0.457 e. The Morgan fingerprint density at radius 1 is 1.03 bits per heavy atom. The van der Waals surface area contributed by atoms with Gasteiger partial charge in [0.05, 0.1) is 22.5 Å². The van der Waals surface area contributed by atoms with Gasteiger partial charge >= 0.3 is 12.2 Å². The lowest BCUT2D eigenvalue weighted by molar-refractivity contribution is -0.137. The van der Waals surface area contributed by atoms with E-state index < -0.39 is 44.6 Å². The third-order valence-corrected chi connectivity index (χ3v) is 4.47. The predicted molar refractivity (Wildman–Crippen MR) is 131 cm³/mol. The Hall–Kier alpha value is -3.95. The third-order valence-electron chi connectivity index (χ3n) is 4.15. The maximum atomic E-state index is 14.4. The van der Waals surface area contributed by atoms with Crippen LogP contribution < -0.4 is 20.7 Å². The Morgan fingerprint density at radius 3 is 2.24 bits per heavy atom. The molecular formula is C22H19ClF4N4O6S. The van der Waals surface area contributed by atoms with Gasteiger partial charge in [0.2, 0.25) is 0 Å². The van der Waals surface area contributed by atoms with Gasteiger partial charge in [0.15, 0.2) is 0 Å². The number of carbonyl (C=O) groups is 2. The lowest BCUT2D eigenvalue weighted by Gasteiger charge is -2.13. The molecule has 0 saturated heterocycles. The number of nitrogens with zero attached hydrogens (tertiary/aromatic N) is 1. The van der Waals surface area contributed by atoms with E-state index in [-0.39, 0.29) is 28.6 Å². The number of carbonyl (C=O) groups excluding carboxylic acids is 2. The monoisotopic (exact) mass is 578 g/mol. The Morgan fingerprint density at radius 2 is 1.66 bits per heavy atom. The summed E-state index contributed by atoms with van der Waals surface area (Å²) in [6.07, 6.45) is -2.65. The van der Waals surface area contributed by atoms with Gasteiger partial charge in [-0.2, -0.15) is 21.6 Å². The molecule has 0 fully saturated rings. The fourth-order valence-corrected chi connectivity index (χ4v) is 2.85. The summed E-state index contributed by atoms with van der Waals surface area (Å²) < 4.78 is 84.6. The number of halogens is 5. The van der Waals surface area contributed by atoms with Gasteiger partial charge in [-0.25, -0.2) is 9.18 Å². The molecule has 4 N–H and O–H groups in total. The van der Waals surface area contributed by atoms with E-state index in [9.17, 15) is 35.6 Å². The van der Waals surface area contributed by atoms with Crippen molar-refractivity contribution in [3.05, 3.63) is 76.8 Å². The normalized spacial score (nSPS) is 11.1. The summed E-state index contributed by atoms with van der Waals surface area (Å²) in [4.78, 5) is 27.6. The fraction of sp³-hybridized carbons (Fsp3) is 0.136. The number of alkyl halides is 3. The van der Waals surface area contributed by atoms with Gasteiger partial charge in [0.1, 0.15) is 23.0 Å². The maximum Gasteiger partial charge on any atom is 0.417 e. The molecule has 0 atom stereocenters. The fourth-order valence-electron chi connectivity index (χ4n) is 2.63. The molecule has 38 heavy (non-hydrogen) atoms. The van der Waals surface area contributed by atoms with E-state index in [1.54, 1.807) is 0 Å². The van der Waals surface area contributed by atoms with Crippen LogP contribution in [0.15, 0.2) is 54.7 Å². The molecule has 0 aliphatic heterocycles. The number of benzene rings is 2. The number of rotatable bonds is 5. The molecule has 3 aromatic rings. The summed E-state index contributed by atoms with van der Waals surface area (Å²) in [6, 6.07) is 8.21. The van der Waals surface area contributed by atoms with Crippen molar-refractivity contribution in [3.63, 3.8) is 0 Å². The molecule has 0 radical (unpaired) electrons. The van der Waals surface area contributed by atoms with E-state index in [2.05, 4.69) is 20.9 Å². The summed E-state index contributed by atoms with van der Waals surface area (Å²) in [5.41, 5.74) is -1.45. The van der Waals surface area contributed by atoms with Crippen LogP contribution in [-0.2, 0) is 16.3 Å². The third kappa shape index (κ3) is 9.84. The van der Waals surface area contributed by atoms with Crippen LogP contribution in [0, 0.1) is 5.82 Å². The molecule has 204 valence electrons. The minimum atomic E-state index is -4.71. The van der Waals surface area contributed by atoms with Crippen molar-refractivity contribution in [2.75, 3.05) is 23.9 Å². The number of hydrogen-bond acceptors (Lipinski definition) is 6. The van der Waals surface area contributed by atoms with Crippen LogP contribution in [0.5, 0.6) is 11.5 Å².